The minimum atomic E-state index is -3.61. The normalized spacial score (nSPS) is 25.3. The molecule has 2 fully saturated rings. The lowest BCUT2D eigenvalue weighted by Crippen LogP contribution is -2.29. The highest BCUT2D eigenvalue weighted by molar-refractivity contribution is 7.89. The van der Waals surface area contributed by atoms with Crippen LogP contribution in [-0.2, 0) is 10.0 Å². The average molecular weight is 312 g/mol. The lowest BCUT2D eigenvalue weighted by molar-refractivity contribution is 0.0685. The Morgan fingerprint density at radius 3 is 2.57 bits per heavy atom. The summed E-state index contributed by atoms with van der Waals surface area (Å²) in [6.07, 6.45) is 4.35. The van der Waals surface area contributed by atoms with Gasteiger partial charge < -0.3 is 9.67 Å². The highest BCUT2D eigenvalue weighted by Gasteiger charge is 2.37. The second-order valence-electron chi connectivity index (χ2n) is 6.26. The van der Waals surface area contributed by atoms with Crippen molar-refractivity contribution in [2.24, 2.45) is 11.8 Å². The summed E-state index contributed by atoms with van der Waals surface area (Å²) in [6, 6.07) is 1.41. The smallest absolute Gasteiger partial charge is 0.352 e. The first-order valence-corrected chi connectivity index (χ1v) is 8.66. The van der Waals surface area contributed by atoms with E-state index in [0.29, 0.717) is 18.4 Å². The van der Waals surface area contributed by atoms with Crippen molar-refractivity contribution in [3.63, 3.8) is 0 Å². The third-order valence-electron chi connectivity index (χ3n) is 4.46. The molecule has 0 saturated heterocycles. The van der Waals surface area contributed by atoms with Gasteiger partial charge in [-0.25, -0.2) is 17.5 Å². The van der Waals surface area contributed by atoms with Crippen molar-refractivity contribution >= 4 is 16.0 Å². The van der Waals surface area contributed by atoms with Gasteiger partial charge in [0.2, 0.25) is 10.0 Å². The molecule has 21 heavy (non-hydrogen) atoms. The Bertz CT molecular complexity index is 675. The van der Waals surface area contributed by atoms with Gasteiger partial charge in [-0.1, -0.05) is 6.92 Å². The Labute approximate surface area is 124 Å². The highest BCUT2D eigenvalue weighted by atomic mass is 32.2. The summed E-state index contributed by atoms with van der Waals surface area (Å²) in [6.45, 7) is 2.61. The molecule has 6 nitrogen and oxygen atoms in total. The summed E-state index contributed by atoms with van der Waals surface area (Å²) in [7, 11) is -2.04. The molecule has 1 aromatic rings. The maximum Gasteiger partial charge on any atom is 0.352 e. The van der Waals surface area contributed by atoms with Crippen molar-refractivity contribution < 1.29 is 18.3 Å². The minimum Gasteiger partial charge on any atom is -0.477 e. The van der Waals surface area contributed by atoms with Gasteiger partial charge in [-0.2, -0.15) is 0 Å². The van der Waals surface area contributed by atoms with Gasteiger partial charge in [0.15, 0.2) is 0 Å². The van der Waals surface area contributed by atoms with Gasteiger partial charge in [0.25, 0.3) is 0 Å². The van der Waals surface area contributed by atoms with Crippen LogP contribution in [-0.4, -0.2) is 42.0 Å². The zero-order valence-corrected chi connectivity index (χ0v) is 13.0. The summed E-state index contributed by atoms with van der Waals surface area (Å²) >= 11 is 0. The summed E-state index contributed by atoms with van der Waals surface area (Å²) in [5.74, 6) is -0.0793. The fourth-order valence-electron chi connectivity index (χ4n) is 2.68. The Balaban J connectivity index is 1.87. The number of aromatic carboxylic acids is 1. The molecule has 2 unspecified atom stereocenters. The average Bonchev–Trinajstić information content (AvgIpc) is 3.31. The van der Waals surface area contributed by atoms with Gasteiger partial charge in [-0.3, -0.25) is 0 Å². The molecule has 0 radical (unpaired) electrons. The Kier molecular flexibility index (Phi) is 3.37. The molecule has 0 amide bonds. The molecule has 0 aliphatic heterocycles. The van der Waals surface area contributed by atoms with E-state index in [0.717, 1.165) is 19.3 Å². The van der Waals surface area contributed by atoms with Crippen LogP contribution in [0, 0.1) is 11.8 Å². The van der Waals surface area contributed by atoms with E-state index in [1.54, 1.807) is 11.6 Å². The van der Waals surface area contributed by atoms with E-state index in [4.69, 9.17) is 0 Å². The van der Waals surface area contributed by atoms with E-state index in [-0.39, 0.29) is 16.6 Å². The van der Waals surface area contributed by atoms with E-state index in [1.165, 1.54) is 16.6 Å². The molecular weight excluding hydrogens is 292 g/mol. The minimum absolute atomic E-state index is 0.0595. The topological polar surface area (TPSA) is 79.6 Å². The standard InChI is InChI=1S/C14H20N2O4S/c1-9-5-10(9)7-15(2)21(19,20)12-6-13(14(17)18)16(8-12)11-3-4-11/h6,8-11H,3-5,7H2,1-2H3,(H,17,18). The monoisotopic (exact) mass is 312 g/mol. The van der Waals surface area contributed by atoms with Crippen LogP contribution in [0.3, 0.4) is 0 Å². The van der Waals surface area contributed by atoms with Crippen LogP contribution in [0.2, 0.25) is 0 Å². The maximum atomic E-state index is 12.6. The van der Waals surface area contributed by atoms with Crippen molar-refractivity contribution in [2.75, 3.05) is 13.6 Å². The maximum absolute atomic E-state index is 12.6. The van der Waals surface area contributed by atoms with Crippen LogP contribution >= 0.6 is 0 Å². The molecule has 2 atom stereocenters. The summed E-state index contributed by atoms with van der Waals surface area (Å²) < 4.78 is 28.0. The van der Waals surface area contributed by atoms with Crippen molar-refractivity contribution in [3.8, 4) is 0 Å². The van der Waals surface area contributed by atoms with Gasteiger partial charge in [0, 0.05) is 25.8 Å². The third-order valence-corrected chi connectivity index (χ3v) is 6.25. The first-order valence-electron chi connectivity index (χ1n) is 7.22. The molecule has 7 heteroatoms. The first-order chi connectivity index (χ1) is 9.80. The SMILES string of the molecule is CC1CC1CN(C)S(=O)(=O)c1cc(C(=O)O)n(C2CC2)c1. The van der Waals surface area contributed by atoms with Crippen molar-refractivity contribution in [2.45, 2.75) is 37.1 Å². The lowest BCUT2D eigenvalue weighted by atomic mass is 10.3. The van der Waals surface area contributed by atoms with Crippen LogP contribution in [0.4, 0.5) is 0 Å². The Morgan fingerprint density at radius 1 is 1.48 bits per heavy atom. The summed E-state index contributed by atoms with van der Waals surface area (Å²) in [4.78, 5) is 11.4. The summed E-state index contributed by atoms with van der Waals surface area (Å²) in [5, 5.41) is 9.22. The van der Waals surface area contributed by atoms with Gasteiger partial charge in [0.05, 0.1) is 0 Å². The third kappa shape index (κ3) is 2.72. The number of nitrogens with zero attached hydrogens (tertiary/aromatic N) is 2. The number of aromatic nitrogens is 1. The molecule has 1 aromatic heterocycles. The molecule has 0 aromatic carbocycles. The first kappa shape index (κ1) is 14.6. The number of carboxylic acid groups (broad SMARTS) is 1. The van der Waals surface area contributed by atoms with E-state index in [2.05, 4.69) is 6.92 Å². The molecule has 2 aliphatic rings. The number of sulfonamides is 1. The van der Waals surface area contributed by atoms with Crippen molar-refractivity contribution in [1.82, 2.24) is 8.87 Å². The van der Waals surface area contributed by atoms with Crippen LogP contribution in [0.5, 0.6) is 0 Å². The molecule has 0 bridgehead atoms. The number of hydrogen-bond donors (Lipinski definition) is 1. The number of carbonyl (C=O) groups is 1. The van der Waals surface area contributed by atoms with Crippen LogP contribution < -0.4 is 0 Å². The predicted molar refractivity (Wildman–Crippen MR) is 76.7 cm³/mol. The van der Waals surface area contributed by atoms with E-state index < -0.39 is 16.0 Å². The zero-order chi connectivity index (χ0) is 15.4. The molecule has 0 spiro atoms. The highest BCUT2D eigenvalue weighted by Crippen LogP contribution is 2.40. The number of hydrogen-bond acceptors (Lipinski definition) is 3. The number of carboxylic acids is 1. The van der Waals surface area contributed by atoms with Crippen LogP contribution in [0.1, 0.15) is 42.7 Å². The predicted octanol–water partition coefficient (Wildman–Crippen LogP) is 1.80. The lowest BCUT2D eigenvalue weighted by Gasteiger charge is -2.15. The molecule has 1 heterocycles. The van der Waals surface area contributed by atoms with Gasteiger partial charge in [0.1, 0.15) is 10.6 Å². The van der Waals surface area contributed by atoms with E-state index in [9.17, 15) is 18.3 Å². The van der Waals surface area contributed by atoms with Crippen molar-refractivity contribution in [1.29, 1.82) is 0 Å². The Hall–Kier alpha value is -1.34. The van der Waals surface area contributed by atoms with Gasteiger partial charge in [-0.05, 0) is 37.2 Å². The molecule has 2 saturated carbocycles. The molecule has 116 valence electrons. The fourth-order valence-corrected chi connectivity index (χ4v) is 3.94. The largest absolute Gasteiger partial charge is 0.477 e. The molecule has 1 N–H and O–H groups in total. The van der Waals surface area contributed by atoms with E-state index >= 15 is 0 Å². The van der Waals surface area contributed by atoms with Crippen LogP contribution in [0.15, 0.2) is 17.2 Å². The summed E-state index contributed by atoms with van der Waals surface area (Å²) in [5.41, 5.74) is 0.0595. The zero-order valence-electron chi connectivity index (χ0n) is 12.2. The number of rotatable bonds is 6. The molecule has 2 aliphatic carbocycles. The van der Waals surface area contributed by atoms with Gasteiger partial charge in [-0.15, -0.1) is 0 Å². The Morgan fingerprint density at radius 2 is 2.10 bits per heavy atom. The molecule has 3 rings (SSSR count). The quantitative estimate of drug-likeness (QED) is 0.868. The second kappa shape index (κ2) is 4.84. The van der Waals surface area contributed by atoms with Crippen LogP contribution in [0.25, 0.3) is 0 Å². The van der Waals surface area contributed by atoms with Gasteiger partial charge >= 0.3 is 5.97 Å². The van der Waals surface area contributed by atoms with E-state index in [1.807, 2.05) is 0 Å². The second-order valence-corrected chi connectivity index (χ2v) is 8.31. The molecular formula is C14H20N2O4S. The fraction of sp³-hybridized carbons (Fsp3) is 0.643. The van der Waals surface area contributed by atoms with Crippen molar-refractivity contribution in [3.05, 3.63) is 18.0 Å².